The third kappa shape index (κ3) is 3.00. The van der Waals surface area contributed by atoms with Gasteiger partial charge in [0.05, 0.1) is 22.1 Å². The van der Waals surface area contributed by atoms with Crippen molar-refractivity contribution in [1.29, 1.82) is 0 Å². The molecular weight excluding hydrogens is 286 g/mol. The highest BCUT2D eigenvalue weighted by molar-refractivity contribution is 7.89. The van der Waals surface area contributed by atoms with Gasteiger partial charge in [0.1, 0.15) is 5.76 Å². The molecule has 20 heavy (non-hydrogen) atoms. The van der Waals surface area contributed by atoms with Crippen LogP contribution in [0.3, 0.4) is 0 Å². The molecule has 0 aliphatic heterocycles. The number of non-ortho nitro benzene ring substituents is 1. The minimum Gasteiger partial charge on any atom is -0.447 e. The maximum absolute atomic E-state index is 12.0. The van der Waals surface area contributed by atoms with Crippen LogP contribution in [0.25, 0.3) is 0 Å². The minimum absolute atomic E-state index is 0.0726. The van der Waals surface area contributed by atoms with E-state index in [1.54, 1.807) is 6.92 Å². The predicted octanol–water partition coefficient (Wildman–Crippen LogP) is 1.37. The molecule has 1 N–H and O–H groups in total. The Morgan fingerprint density at radius 2 is 2.20 bits per heavy atom. The number of nitro benzene ring substituents is 1. The van der Waals surface area contributed by atoms with Gasteiger partial charge in [-0.1, -0.05) is 6.07 Å². The van der Waals surface area contributed by atoms with Crippen molar-refractivity contribution in [2.24, 2.45) is 0 Å². The smallest absolute Gasteiger partial charge is 0.270 e. The second-order valence-corrected chi connectivity index (χ2v) is 5.71. The lowest BCUT2D eigenvalue weighted by Gasteiger charge is -2.05. The number of benzene rings is 1. The van der Waals surface area contributed by atoms with E-state index in [0.717, 1.165) is 6.07 Å². The van der Waals surface area contributed by atoms with Crippen molar-refractivity contribution in [3.63, 3.8) is 0 Å². The van der Waals surface area contributed by atoms with Gasteiger partial charge in [0.15, 0.2) is 6.39 Å². The first-order valence-electron chi connectivity index (χ1n) is 5.53. The van der Waals surface area contributed by atoms with Crippen LogP contribution >= 0.6 is 0 Å². The monoisotopic (exact) mass is 297 g/mol. The highest BCUT2D eigenvalue weighted by Crippen LogP contribution is 2.17. The Bertz CT molecular complexity index is 738. The molecule has 0 spiro atoms. The van der Waals surface area contributed by atoms with E-state index in [4.69, 9.17) is 4.42 Å². The average Bonchev–Trinajstić information content (AvgIpc) is 2.82. The summed E-state index contributed by atoms with van der Waals surface area (Å²) in [4.78, 5) is 13.6. The van der Waals surface area contributed by atoms with Gasteiger partial charge in [0.25, 0.3) is 5.69 Å². The summed E-state index contributed by atoms with van der Waals surface area (Å²) in [7, 11) is -3.85. The summed E-state index contributed by atoms with van der Waals surface area (Å²) in [6, 6.07) is 4.81. The number of sulfonamides is 1. The first-order chi connectivity index (χ1) is 9.40. The Hall–Kier alpha value is -2.26. The number of aryl methyl sites for hydroxylation is 1. The number of nitro groups is 1. The van der Waals surface area contributed by atoms with Gasteiger partial charge in [-0.05, 0) is 13.0 Å². The Kier molecular flexibility index (Phi) is 3.81. The maximum Gasteiger partial charge on any atom is 0.270 e. The van der Waals surface area contributed by atoms with Crippen molar-refractivity contribution < 1.29 is 17.8 Å². The van der Waals surface area contributed by atoms with Crippen LogP contribution in [0.15, 0.2) is 40.0 Å². The third-order valence-electron chi connectivity index (χ3n) is 2.61. The average molecular weight is 297 g/mol. The molecule has 1 heterocycles. The Labute approximate surface area is 114 Å². The van der Waals surface area contributed by atoms with Crippen molar-refractivity contribution >= 4 is 15.7 Å². The van der Waals surface area contributed by atoms with Crippen molar-refractivity contribution in [1.82, 2.24) is 9.71 Å². The molecular formula is C11H11N3O5S. The summed E-state index contributed by atoms with van der Waals surface area (Å²) in [6.07, 6.45) is 1.21. The van der Waals surface area contributed by atoms with Crippen LogP contribution in [-0.2, 0) is 16.6 Å². The quantitative estimate of drug-likeness (QED) is 0.658. The van der Waals surface area contributed by atoms with Gasteiger partial charge >= 0.3 is 0 Å². The topological polar surface area (TPSA) is 115 Å². The lowest BCUT2D eigenvalue weighted by molar-refractivity contribution is -0.385. The van der Waals surface area contributed by atoms with Gasteiger partial charge in [0, 0.05) is 12.1 Å². The summed E-state index contributed by atoms with van der Waals surface area (Å²) in [5, 5.41) is 10.6. The molecule has 9 heteroatoms. The van der Waals surface area contributed by atoms with Crippen LogP contribution < -0.4 is 4.72 Å². The molecule has 0 amide bonds. The van der Waals surface area contributed by atoms with E-state index in [1.807, 2.05) is 0 Å². The van der Waals surface area contributed by atoms with Gasteiger partial charge in [-0.15, -0.1) is 0 Å². The molecule has 0 radical (unpaired) electrons. The molecule has 0 saturated carbocycles. The number of nitrogens with one attached hydrogen (secondary N) is 1. The van der Waals surface area contributed by atoms with E-state index < -0.39 is 14.9 Å². The Morgan fingerprint density at radius 1 is 1.45 bits per heavy atom. The fourth-order valence-corrected chi connectivity index (χ4v) is 2.53. The van der Waals surface area contributed by atoms with Gasteiger partial charge in [-0.25, -0.2) is 18.1 Å². The van der Waals surface area contributed by atoms with Gasteiger partial charge in [-0.2, -0.15) is 0 Å². The summed E-state index contributed by atoms with van der Waals surface area (Å²) in [5.41, 5.74) is 0.287. The highest BCUT2D eigenvalue weighted by atomic mass is 32.2. The number of aromatic nitrogens is 1. The number of nitrogens with zero attached hydrogens (tertiary/aromatic N) is 2. The molecule has 1 aromatic carbocycles. The van der Waals surface area contributed by atoms with Gasteiger partial charge in [0.2, 0.25) is 10.0 Å². The lowest BCUT2D eigenvalue weighted by Crippen LogP contribution is -2.23. The summed E-state index contributed by atoms with van der Waals surface area (Å²) < 4.78 is 31.3. The molecule has 1 aromatic heterocycles. The SMILES string of the molecule is Cc1ncoc1CNS(=O)(=O)c1cccc([N+](=O)[O-])c1. The van der Waals surface area contributed by atoms with E-state index >= 15 is 0 Å². The molecule has 8 nitrogen and oxygen atoms in total. The van der Waals surface area contributed by atoms with Crippen molar-refractivity contribution in [3.8, 4) is 0 Å². The summed E-state index contributed by atoms with van der Waals surface area (Å²) >= 11 is 0. The number of oxazole rings is 1. The summed E-state index contributed by atoms with van der Waals surface area (Å²) in [5.74, 6) is 0.388. The van der Waals surface area contributed by atoms with Crippen molar-refractivity contribution in [2.75, 3.05) is 0 Å². The van der Waals surface area contributed by atoms with Crippen LogP contribution in [0.1, 0.15) is 11.5 Å². The van der Waals surface area contributed by atoms with E-state index in [0.29, 0.717) is 11.5 Å². The third-order valence-corrected chi connectivity index (χ3v) is 4.01. The van der Waals surface area contributed by atoms with Crippen molar-refractivity contribution in [3.05, 3.63) is 52.2 Å². The largest absolute Gasteiger partial charge is 0.447 e. The van der Waals surface area contributed by atoms with Gasteiger partial charge < -0.3 is 4.42 Å². The zero-order valence-corrected chi connectivity index (χ0v) is 11.3. The van der Waals surface area contributed by atoms with Crippen LogP contribution in [0.5, 0.6) is 0 Å². The molecule has 0 bridgehead atoms. The standard InChI is InChI=1S/C11H11N3O5S/c1-8-11(19-7-12-8)6-13-20(17,18)10-4-2-3-9(5-10)14(15)16/h2-5,7,13H,6H2,1H3. The number of hydrogen-bond acceptors (Lipinski definition) is 6. The van der Waals surface area contributed by atoms with E-state index in [9.17, 15) is 18.5 Å². The second kappa shape index (κ2) is 5.39. The lowest BCUT2D eigenvalue weighted by atomic mass is 10.3. The van der Waals surface area contributed by atoms with Crippen LogP contribution in [0.4, 0.5) is 5.69 Å². The Balaban J connectivity index is 2.20. The fourth-order valence-electron chi connectivity index (χ4n) is 1.50. The van der Waals surface area contributed by atoms with E-state index in [2.05, 4.69) is 9.71 Å². The van der Waals surface area contributed by atoms with Crippen LogP contribution in [0.2, 0.25) is 0 Å². The van der Waals surface area contributed by atoms with Crippen LogP contribution in [0, 0.1) is 17.0 Å². The predicted molar refractivity (Wildman–Crippen MR) is 68.4 cm³/mol. The van der Waals surface area contributed by atoms with Crippen molar-refractivity contribution in [2.45, 2.75) is 18.4 Å². The molecule has 0 atom stereocenters. The maximum atomic E-state index is 12.0. The molecule has 106 valence electrons. The first-order valence-corrected chi connectivity index (χ1v) is 7.01. The first kappa shape index (κ1) is 14.2. The van der Waals surface area contributed by atoms with Crippen LogP contribution in [-0.4, -0.2) is 18.3 Å². The van der Waals surface area contributed by atoms with Gasteiger partial charge in [-0.3, -0.25) is 10.1 Å². The molecule has 0 aliphatic rings. The molecule has 0 unspecified atom stereocenters. The van der Waals surface area contributed by atoms with E-state index in [-0.39, 0.29) is 17.1 Å². The highest BCUT2D eigenvalue weighted by Gasteiger charge is 2.18. The molecule has 0 saturated heterocycles. The number of rotatable bonds is 5. The number of hydrogen-bond donors (Lipinski definition) is 1. The molecule has 0 aliphatic carbocycles. The normalized spacial score (nSPS) is 11.4. The molecule has 2 rings (SSSR count). The minimum atomic E-state index is -3.85. The summed E-state index contributed by atoms with van der Waals surface area (Å²) in [6.45, 7) is 1.61. The zero-order valence-electron chi connectivity index (χ0n) is 10.4. The second-order valence-electron chi connectivity index (χ2n) is 3.94. The Morgan fingerprint density at radius 3 is 2.80 bits per heavy atom. The van der Waals surface area contributed by atoms with E-state index in [1.165, 1.54) is 24.6 Å². The molecule has 0 fully saturated rings. The fraction of sp³-hybridized carbons (Fsp3) is 0.182. The zero-order chi connectivity index (χ0) is 14.8. The molecule has 2 aromatic rings.